The van der Waals surface area contributed by atoms with Crippen LogP contribution in [0.15, 0.2) is 12.1 Å². The lowest BCUT2D eigenvalue weighted by atomic mass is 9.92. The van der Waals surface area contributed by atoms with E-state index in [1.807, 2.05) is 6.07 Å². The Kier molecular flexibility index (Phi) is 2.45. The maximum atomic E-state index is 6.09. The number of aryl methyl sites for hydroxylation is 1. The van der Waals surface area contributed by atoms with Crippen LogP contribution in [0.4, 0.5) is 0 Å². The number of aromatic nitrogens is 1. The first-order chi connectivity index (χ1) is 7.74. The average molecular weight is 238 g/mol. The summed E-state index contributed by atoms with van der Waals surface area (Å²) in [4.78, 5) is 4.53. The summed E-state index contributed by atoms with van der Waals surface area (Å²) in [7, 11) is 0. The maximum absolute atomic E-state index is 6.09. The van der Waals surface area contributed by atoms with Crippen molar-refractivity contribution in [3.05, 3.63) is 28.5 Å². The van der Waals surface area contributed by atoms with Crippen LogP contribution in [0.25, 0.3) is 0 Å². The molecule has 0 spiro atoms. The first kappa shape index (κ1) is 10.5. The van der Waals surface area contributed by atoms with Crippen molar-refractivity contribution in [3.63, 3.8) is 0 Å². The average Bonchev–Trinajstić information content (AvgIpc) is 3.03. The molecule has 86 valence electrons. The van der Waals surface area contributed by atoms with Gasteiger partial charge in [0.15, 0.2) is 0 Å². The molecule has 2 aliphatic rings. The number of nitrogens with zero attached hydrogens (tertiary/aromatic N) is 1. The first-order valence-electron chi connectivity index (χ1n) is 5.99. The van der Waals surface area contributed by atoms with Gasteiger partial charge in [0.25, 0.3) is 0 Å². The summed E-state index contributed by atoms with van der Waals surface area (Å²) in [5.74, 6) is 0.678. The van der Waals surface area contributed by atoms with Gasteiger partial charge in [-0.15, -0.1) is 0 Å². The van der Waals surface area contributed by atoms with Crippen molar-refractivity contribution in [1.82, 2.24) is 4.98 Å². The fraction of sp³-hybridized carbons (Fsp3) is 0.615. The maximum Gasteiger partial charge on any atom is 0.129 e. The lowest BCUT2D eigenvalue weighted by Crippen LogP contribution is -2.22. The molecule has 0 aromatic carbocycles. The molecular formula is C13H16ClNO. The summed E-state index contributed by atoms with van der Waals surface area (Å²) in [6, 6.07) is 4.20. The second-order valence-corrected chi connectivity index (χ2v) is 5.31. The number of hydrogen-bond acceptors (Lipinski definition) is 2. The van der Waals surface area contributed by atoms with Gasteiger partial charge in [0.05, 0.1) is 6.61 Å². The standard InChI is InChI=1S/C13H16ClNO/c1-2-9-5-11(15-12(14)6-9)13-3-4-16-8-10(13)7-13/h5-6,10H,2-4,7-8H2,1H3. The Balaban J connectivity index is 1.97. The second-order valence-electron chi connectivity index (χ2n) is 4.92. The molecule has 1 aromatic rings. The van der Waals surface area contributed by atoms with Gasteiger partial charge >= 0.3 is 0 Å². The number of rotatable bonds is 2. The molecule has 3 heteroatoms. The molecule has 1 aliphatic carbocycles. The zero-order valence-corrected chi connectivity index (χ0v) is 10.3. The van der Waals surface area contributed by atoms with E-state index in [0.717, 1.165) is 26.1 Å². The molecule has 2 unspecified atom stereocenters. The predicted octanol–water partition coefficient (Wildman–Crippen LogP) is 2.98. The van der Waals surface area contributed by atoms with Gasteiger partial charge in [0, 0.05) is 17.7 Å². The van der Waals surface area contributed by atoms with Gasteiger partial charge in [-0.05, 0) is 42.9 Å². The summed E-state index contributed by atoms with van der Waals surface area (Å²) >= 11 is 6.09. The highest BCUT2D eigenvalue weighted by molar-refractivity contribution is 6.29. The van der Waals surface area contributed by atoms with E-state index >= 15 is 0 Å². The van der Waals surface area contributed by atoms with Crippen LogP contribution in [0, 0.1) is 5.92 Å². The predicted molar refractivity (Wildman–Crippen MR) is 63.8 cm³/mol. The largest absolute Gasteiger partial charge is 0.381 e. The van der Waals surface area contributed by atoms with Crippen molar-refractivity contribution in [2.75, 3.05) is 13.2 Å². The normalized spacial score (nSPS) is 32.2. The van der Waals surface area contributed by atoms with Crippen LogP contribution < -0.4 is 0 Å². The van der Waals surface area contributed by atoms with Gasteiger partial charge in [-0.3, -0.25) is 0 Å². The van der Waals surface area contributed by atoms with E-state index in [-0.39, 0.29) is 0 Å². The van der Waals surface area contributed by atoms with Crippen LogP contribution in [0.5, 0.6) is 0 Å². The van der Waals surface area contributed by atoms with Gasteiger partial charge in [0.2, 0.25) is 0 Å². The Bertz CT molecular complexity index is 420. The Labute approximate surface area is 101 Å². The van der Waals surface area contributed by atoms with Crippen LogP contribution >= 0.6 is 11.6 Å². The highest BCUT2D eigenvalue weighted by Gasteiger charge is 2.57. The molecule has 1 saturated carbocycles. The summed E-state index contributed by atoms with van der Waals surface area (Å²) in [6.07, 6.45) is 3.35. The number of halogens is 1. The van der Waals surface area contributed by atoms with Crippen molar-refractivity contribution in [2.24, 2.45) is 5.92 Å². The first-order valence-corrected chi connectivity index (χ1v) is 6.37. The minimum Gasteiger partial charge on any atom is -0.381 e. The van der Waals surface area contributed by atoms with Crippen molar-refractivity contribution in [1.29, 1.82) is 0 Å². The van der Waals surface area contributed by atoms with E-state index in [1.54, 1.807) is 0 Å². The molecule has 0 N–H and O–H groups in total. The Morgan fingerprint density at radius 2 is 2.44 bits per heavy atom. The number of ether oxygens (including phenoxy) is 1. The molecule has 0 amide bonds. The minimum absolute atomic E-state index is 0.299. The quantitative estimate of drug-likeness (QED) is 0.738. The molecule has 2 nitrogen and oxygen atoms in total. The molecule has 1 aliphatic heterocycles. The molecule has 16 heavy (non-hydrogen) atoms. The molecule has 3 rings (SSSR count). The molecule has 2 heterocycles. The van der Waals surface area contributed by atoms with Crippen molar-refractivity contribution < 1.29 is 4.74 Å². The topological polar surface area (TPSA) is 22.1 Å². The van der Waals surface area contributed by atoms with Crippen LogP contribution in [0.3, 0.4) is 0 Å². The highest BCUT2D eigenvalue weighted by atomic mass is 35.5. The van der Waals surface area contributed by atoms with Crippen molar-refractivity contribution in [2.45, 2.75) is 31.6 Å². The van der Waals surface area contributed by atoms with Gasteiger partial charge in [-0.2, -0.15) is 0 Å². The van der Waals surface area contributed by atoms with Crippen molar-refractivity contribution in [3.8, 4) is 0 Å². The summed E-state index contributed by atoms with van der Waals surface area (Å²) < 4.78 is 5.50. The molecule has 2 fully saturated rings. The van der Waals surface area contributed by atoms with Crippen molar-refractivity contribution >= 4 is 11.6 Å². The van der Waals surface area contributed by atoms with Crippen LogP contribution in [-0.4, -0.2) is 18.2 Å². The molecule has 0 radical (unpaired) electrons. The van der Waals surface area contributed by atoms with Gasteiger partial charge in [-0.1, -0.05) is 18.5 Å². The van der Waals surface area contributed by atoms with Gasteiger partial charge in [-0.25, -0.2) is 4.98 Å². The zero-order valence-electron chi connectivity index (χ0n) is 9.50. The minimum atomic E-state index is 0.299. The van der Waals surface area contributed by atoms with E-state index in [1.165, 1.54) is 17.7 Å². The van der Waals surface area contributed by atoms with Crippen LogP contribution in [0.1, 0.15) is 31.0 Å². The zero-order chi connectivity index (χ0) is 11.2. The lowest BCUT2D eigenvalue weighted by Gasteiger charge is -2.22. The summed E-state index contributed by atoms with van der Waals surface area (Å²) in [5, 5.41) is 0.640. The fourth-order valence-corrected chi connectivity index (χ4v) is 3.07. The Hall–Kier alpha value is -0.600. The Morgan fingerprint density at radius 3 is 3.19 bits per heavy atom. The third kappa shape index (κ3) is 1.56. The van der Waals surface area contributed by atoms with Crippen LogP contribution in [0.2, 0.25) is 5.15 Å². The molecular weight excluding hydrogens is 222 g/mol. The van der Waals surface area contributed by atoms with E-state index in [2.05, 4.69) is 18.0 Å². The van der Waals surface area contributed by atoms with E-state index in [4.69, 9.17) is 16.3 Å². The number of pyridine rings is 1. The summed E-state index contributed by atoms with van der Waals surface area (Å²) in [5.41, 5.74) is 2.79. The number of hydrogen-bond donors (Lipinski definition) is 0. The molecule has 0 bridgehead atoms. The monoisotopic (exact) mass is 237 g/mol. The highest BCUT2D eigenvalue weighted by Crippen LogP contribution is 2.58. The number of fused-ring (bicyclic) bond motifs is 1. The lowest BCUT2D eigenvalue weighted by molar-refractivity contribution is 0.0794. The SMILES string of the molecule is CCc1cc(Cl)nc(C23CCOCC2C3)c1. The smallest absolute Gasteiger partial charge is 0.129 e. The van der Waals surface area contributed by atoms with Gasteiger partial charge < -0.3 is 4.74 Å². The molecule has 1 saturated heterocycles. The third-order valence-electron chi connectivity index (χ3n) is 4.02. The molecule has 1 aromatic heterocycles. The van der Waals surface area contributed by atoms with E-state index in [0.29, 0.717) is 16.5 Å². The van der Waals surface area contributed by atoms with E-state index in [9.17, 15) is 0 Å². The van der Waals surface area contributed by atoms with Gasteiger partial charge in [0.1, 0.15) is 5.15 Å². The van der Waals surface area contributed by atoms with E-state index < -0.39 is 0 Å². The summed E-state index contributed by atoms with van der Waals surface area (Å²) in [6.45, 7) is 3.92. The van der Waals surface area contributed by atoms with Crippen LogP contribution in [-0.2, 0) is 16.6 Å². The molecule has 2 atom stereocenters. The third-order valence-corrected chi connectivity index (χ3v) is 4.21. The second kappa shape index (κ2) is 3.71. The fourth-order valence-electron chi connectivity index (χ4n) is 2.84. The Morgan fingerprint density at radius 1 is 1.56 bits per heavy atom.